The van der Waals surface area contributed by atoms with Crippen LogP contribution in [0.2, 0.25) is 0 Å². The molecule has 2 aromatic heterocycles. The number of hydrogen-bond donors (Lipinski definition) is 1. The highest BCUT2D eigenvalue weighted by Crippen LogP contribution is 2.26. The van der Waals surface area contributed by atoms with Crippen molar-refractivity contribution in [3.8, 4) is 0 Å². The van der Waals surface area contributed by atoms with E-state index in [4.69, 9.17) is 0 Å². The summed E-state index contributed by atoms with van der Waals surface area (Å²) in [4.78, 5) is 25.6. The van der Waals surface area contributed by atoms with Crippen LogP contribution in [0.25, 0.3) is 16.7 Å². The van der Waals surface area contributed by atoms with Gasteiger partial charge in [0.05, 0.1) is 16.2 Å². The van der Waals surface area contributed by atoms with Gasteiger partial charge < -0.3 is 5.32 Å². The third kappa shape index (κ3) is 3.78. The van der Waals surface area contributed by atoms with E-state index in [-0.39, 0.29) is 11.5 Å². The molecule has 1 N–H and O–H groups in total. The molecule has 152 valence electrons. The number of aromatic nitrogens is 4. The van der Waals surface area contributed by atoms with Crippen molar-refractivity contribution in [3.63, 3.8) is 0 Å². The Bertz CT molecular complexity index is 1330. The zero-order valence-corrected chi connectivity index (χ0v) is 18.5. The van der Waals surface area contributed by atoms with Gasteiger partial charge >= 0.3 is 0 Å². The van der Waals surface area contributed by atoms with Crippen LogP contribution in [0.1, 0.15) is 6.92 Å². The van der Waals surface area contributed by atoms with E-state index in [1.807, 2.05) is 46.9 Å². The SMILES string of the molecule is C=CCn1c(=O)c2ccccc2n2c(SC(C)C(=O)Nc3cccc(Br)c3)nnc12. The first-order valence-electron chi connectivity index (χ1n) is 9.20. The van der Waals surface area contributed by atoms with Gasteiger partial charge in [0.1, 0.15) is 0 Å². The van der Waals surface area contributed by atoms with Crippen molar-refractivity contribution in [3.05, 3.63) is 76.0 Å². The van der Waals surface area contributed by atoms with Crippen LogP contribution in [0.3, 0.4) is 0 Å². The first-order chi connectivity index (χ1) is 14.5. The van der Waals surface area contributed by atoms with E-state index in [0.717, 1.165) is 4.47 Å². The average Bonchev–Trinajstić information content (AvgIpc) is 3.14. The monoisotopic (exact) mass is 483 g/mol. The Labute approximate surface area is 184 Å². The maximum absolute atomic E-state index is 12.9. The number of nitrogens with one attached hydrogen (secondary N) is 1. The molecule has 0 fully saturated rings. The molecule has 1 unspecified atom stereocenters. The number of thioether (sulfide) groups is 1. The predicted molar refractivity (Wildman–Crippen MR) is 123 cm³/mol. The van der Waals surface area contributed by atoms with E-state index in [0.29, 0.717) is 34.1 Å². The number of halogens is 1. The standard InChI is InChI=1S/C21H18BrN5O2S/c1-3-11-26-19(29)16-9-4-5-10-17(16)27-20(26)24-25-21(27)30-13(2)18(28)23-15-8-6-7-14(22)12-15/h3-10,12-13H,1,11H2,2H3,(H,23,28). The van der Waals surface area contributed by atoms with Gasteiger partial charge in [0.2, 0.25) is 11.7 Å². The maximum Gasteiger partial charge on any atom is 0.263 e. The molecule has 0 spiro atoms. The maximum atomic E-state index is 12.9. The lowest BCUT2D eigenvalue weighted by molar-refractivity contribution is -0.115. The molecule has 9 heteroatoms. The molecule has 0 aliphatic rings. The Hall–Kier alpha value is -2.91. The van der Waals surface area contributed by atoms with E-state index in [1.54, 1.807) is 19.1 Å². The Morgan fingerprint density at radius 2 is 2.07 bits per heavy atom. The Morgan fingerprint density at radius 3 is 2.83 bits per heavy atom. The molecule has 0 aliphatic carbocycles. The molecule has 2 heterocycles. The normalized spacial score (nSPS) is 12.2. The van der Waals surface area contributed by atoms with Crippen LogP contribution in [-0.2, 0) is 11.3 Å². The van der Waals surface area contributed by atoms with E-state index in [9.17, 15) is 9.59 Å². The minimum atomic E-state index is -0.435. The summed E-state index contributed by atoms with van der Waals surface area (Å²) < 4.78 is 4.22. The average molecular weight is 484 g/mol. The fourth-order valence-electron chi connectivity index (χ4n) is 3.13. The van der Waals surface area contributed by atoms with Crippen LogP contribution in [0, 0.1) is 0 Å². The van der Waals surface area contributed by atoms with E-state index < -0.39 is 5.25 Å². The lowest BCUT2D eigenvalue weighted by Gasteiger charge is -2.13. The second kappa shape index (κ2) is 8.45. The Morgan fingerprint density at radius 1 is 1.27 bits per heavy atom. The zero-order chi connectivity index (χ0) is 21.3. The molecule has 0 saturated carbocycles. The van der Waals surface area contributed by atoms with Crippen molar-refractivity contribution in [2.45, 2.75) is 23.9 Å². The largest absolute Gasteiger partial charge is 0.325 e. The smallest absolute Gasteiger partial charge is 0.263 e. The highest BCUT2D eigenvalue weighted by molar-refractivity contribution is 9.10. The number of nitrogens with zero attached hydrogens (tertiary/aromatic N) is 4. The van der Waals surface area contributed by atoms with Gasteiger partial charge in [-0.05, 0) is 37.3 Å². The van der Waals surface area contributed by atoms with Gasteiger partial charge in [0.25, 0.3) is 5.56 Å². The molecule has 4 rings (SSSR count). The van der Waals surface area contributed by atoms with Gasteiger partial charge in [-0.15, -0.1) is 16.8 Å². The van der Waals surface area contributed by atoms with Crippen molar-refractivity contribution >= 4 is 56.0 Å². The molecule has 0 radical (unpaired) electrons. The van der Waals surface area contributed by atoms with Gasteiger partial charge in [0.15, 0.2) is 5.16 Å². The highest BCUT2D eigenvalue weighted by atomic mass is 79.9. The number of hydrogen-bond acceptors (Lipinski definition) is 5. The fraction of sp³-hybridized carbons (Fsp3) is 0.143. The van der Waals surface area contributed by atoms with Gasteiger partial charge in [0, 0.05) is 16.7 Å². The van der Waals surface area contributed by atoms with E-state index in [1.165, 1.54) is 16.3 Å². The van der Waals surface area contributed by atoms with Gasteiger partial charge in [-0.3, -0.25) is 18.6 Å². The first kappa shape index (κ1) is 20.4. The number of amides is 1. The van der Waals surface area contributed by atoms with Crippen molar-refractivity contribution in [1.29, 1.82) is 0 Å². The minimum absolute atomic E-state index is 0.151. The molecule has 4 aromatic rings. The minimum Gasteiger partial charge on any atom is -0.325 e. The lowest BCUT2D eigenvalue weighted by atomic mass is 10.2. The van der Waals surface area contributed by atoms with Crippen LogP contribution in [0.5, 0.6) is 0 Å². The summed E-state index contributed by atoms with van der Waals surface area (Å²) in [5.41, 5.74) is 1.26. The number of rotatable bonds is 6. The predicted octanol–water partition coefficient (Wildman–Crippen LogP) is 4.11. The second-order valence-corrected chi connectivity index (χ2v) is 8.82. The molecule has 30 heavy (non-hydrogen) atoms. The van der Waals surface area contributed by atoms with Gasteiger partial charge in [-0.1, -0.05) is 52.0 Å². The Kier molecular flexibility index (Phi) is 5.74. The van der Waals surface area contributed by atoms with Gasteiger partial charge in [-0.2, -0.15) is 0 Å². The van der Waals surface area contributed by atoms with Crippen LogP contribution in [-0.4, -0.2) is 30.3 Å². The molecule has 1 atom stereocenters. The first-order valence-corrected chi connectivity index (χ1v) is 10.9. The quantitative estimate of drug-likeness (QED) is 0.329. The van der Waals surface area contributed by atoms with Crippen LogP contribution < -0.4 is 10.9 Å². The number of fused-ring (bicyclic) bond motifs is 3. The molecular formula is C21H18BrN5O2S. The van der Waals surface area contributed by atoms with Gasteiger partial charge in [-0.25, -0.2) is 0 Å². The number of para-hydroxylation sites is 1. The third-order valence-electron chi connectivity index (χ3n) is 4.53. The lowest BCUT2D eigenvalue weighted by Crippen LogP contribution is -2.24. The molecule has 2 aromatic carbocycles. The number of anilines is 1. The topological polar surface area (TPSA) is 81.3 Å². The molecule has 0 saturated heterocycles. The summed E-state index contributed by atoms with van der Waals surface area (Å²) in [7, 11) is 0. The van der Waals surface area contributed by atoms with Crippen LogP contribution in [0.4, 0.5) is 5.69 Å². The highest BCUT2D eigenvalue weighted by Gasteiger charge is 2.21. The summed E-state index contributed by atoms with van der Waals surface area (Å²) in [6.45, 7) is 5.85. The van der Waals surface area contributed by atoms with E-state index in [2.05, 4.69) is 38.0 Å². The molecule has 1 amide bonds. The molecular weight excluding hydrogens is 466 g/mol. The number of allylic oxidation sites excluding steroid dienone is 1. The summed E-state index contributed by atoms with van der Waals surface area (Å²) in [5.74, 6) is 0.263. The zero-order valence-electron chi connectivity index (χ0n) is 16.1. The molecule has 0 bridgehead atoms. The fourth-order valence-corrected chi connectivity index (χ4v) is 4.38. The van der Waals surface area contributed by atoms with Crippen molar-refractivity contribution in [2.24, 2.45) is 0 Å². The van der Waals surface area contributed by atoms with Crippen LogP contribution in [0.15, 0.2) is 75.6 Å². The van der Waals surface area contributed by atoms with Crippen molar-refractivity contribution < 1.29 is 4.79 Å². The van der Waals surface area contributed by atoms with Crippen LogP contribution >= 0.6 is 27.7 Å². The molecule has 7 nitrogen and oxygen atoms in total. The summed E-state index contributed by atoms with van der Waals surface area (Å²) in [6, 6.07) is 14.7. The number of benzene rings is 2. The number of carbonyl (C=O) groups is 1. The van der Waals surface area contributed by atoms with Crippen molar-refractivity contribution in [2.75, 3.05) is 5.32 Å². The van der Waals surface area contributed by atoms with E-state index >= 15 is 0 Å². The Balaban J connectivity index is 1.72. The molecule has 0 aliphatic heterocycles. The second-order valence-electron chi connectivity index (χ2n) is 6.60. The third-order valence-corrected chi connectivity index (χ3v) is 6.07. The summed E-state index contributed by atoms with van der Waals surface area (Å²) in [6.07, 6.45) is 1.64. The van der Waals surface area contributed by atoms with Crippen molar-refractivity contribution in [1.82, 2.24) is 19.2 Å². The summed E-state index contributed by atoms with van der Waals surface area (Å²) in [5, 5.41) is 12.1. The number of carbonyl (C=O) groups excluding carboxylic acids is 1. The summed E-state index contributed by atoms with van der Waals surface area (Å²) >= 11 is 4.68.